The van der Waals surface area contributed by atoms with E-state index in [1.54, 1.807) is 0 Å². The molecule has 2 bridgehead atoms. The van der Waals surface area contributed by atoms with E-state index < -0.39 is 11.7 Å². The highest BCUT2D eigenvalue weighted by atomic mass is 16.6. The van der Waals surface area contributed by atoms with Crippen molar-refractivity contribution in [2.45, 2.75) is 58.2 Å². The quantitative estimate of drug-likeness (QED) is 0.382. The van der Waals surface area contributed by atoms with Crippen LogP contribution in [0.2, 0.25) is 0 Å². The lowest BCUT2D eigenvalue weighted by atomic mass is 9.83. The summed E-state index contributed by atoms with van der Waals surface area (Å²) in [6.07, 6.45) is 2.40. The molecular formula is C29H39N2O5+. The van der Waals surface area contributed by atoms with Crippen LogP contribution in [0, 0.1) is 5.92 Å². The fourth-order valence-corrected chi connectivity index (χ4v) is 5.28. The zero-order valence-corrected chi connectivity index (χ0v) is 21.7. The summed E-state index contributed by atoms with van der Waals surface area (Å²) >= 11 is 0. The van der Waals surface area contributed by atoms with Gasteiger partial charge in [-0.2, -0.15) is 0 Å². The number of esters is 1. The Labute approximate surface area is 214 Å². The van der Waals surface area contributed by atoms with Gasteiger partial charge >= 0.3 is 12.1 Å². The molecule has 0 unspecified atom stereocenters. The van der Waals surface area contributed by atoms with Gasteiger partial charge in [0.15, 0.2) is 6.10 Å². The van der Waals surface area contributed by atoms with Gasteiger partial charge in [-0.25, -0.2) is 4.79 Å². The molecule has 5 rings (SSSR count). The largest absolute Gasteiger partial charge is 0.488 e. The van der Waals surface area contributed by atoms with E-state index in [4.69, 9.17) is 14.2 Å². The Morgan fingerprint density at radius 3 is 2.42 bits per heavy atom. The van der Waals surface area contributed by atoms with Crippen LogP contribution in [0.1, 0.15) is 45.6 Å². The molecular weight excluding hydrogens is 456 g/mol. The maximum absolute atomic E-state index is 12.8. The molecule has 7 heteroatoms. The number of rotatable bonds is 9. The summed E-state index contributed by atoms with van der Waals surface area (Å²) in [5.41, 5.74) is 0.965. The molecule has 0 aliphatic carbocycles. The fourth-order valence-electron chi connectivity index (χ4n) is 5.28. The number of amides is 1. The molecule has 0 spiro atoms. The number of carbonyl (C=O) groups excluding carboxylic acids is 2. The fraction of sp³-hybridized carbons (Fsp3) is 0.517. The maximum atomic E-state index is 12.8. The van der Waals surface area contributed by atoms with Gasteiger partial charge in [0, 0.05) is 30.9 Å². The van der Waals surface area contributed by atoms with Crippen LogP contribution in [0.15, 0.2) is 54.6 Å². The standard InChI is InChI=1S/C29H38N2O5/c1-29(2,3)36-28(33)30-25-12-8-7-9-22(25)13-14-27(32)35-26-21-31(17-15-23(26)16-18-31)19-20-34-24-10-5-4-6-11-24/h4-12,23,26H,13-21H2,1-3H3/p+1/t23?,26-,31?/m0/s1. The second-order valence-electron chi connectivity index (χ2n) is 11.0. The van der Waals surface area contributed by atoms with Crippen molar-refractivity contribution >= 4 is 17.7 Å². The molecule has 0 saturated carbocycles. The Hall–Kier alpha value is -3.06. The maximum Gasteiger partial charge on any atom is 0.412 e. The van der Waals surface area contributed by atoms with Gasteiger partial charge in [-0.15, -0.1) is 0 Å². The van der Waals surface area contributed by atoms with Crippen LogP contribution < -0.4 is 10.1 Å². The van der Waals surface area contributed by atoms with Gasteiger partial charge in [0.05, 0.1) is 13.1 Å². The van der Waals surface area contributed by atoms with E-state index in [0.29, 0.717) is 24.6 Å². The smallest absolute Gasteiger partial charge is 0.412 e. The lowest BCUT2D eigenvalue weighted by molar-refractivity contribution is -0.946. The molecule has 3 aliphatic heterocycles. The Morgan fingerprint density at radius 1 is 1.00 bits per heavy atom. The number of anilines is 1. The van der Waals surface area contributed by atoms with E-state index in [-0.39, 0.29) is 18.5 Å². The molecule has 1 N–H and O–H groups in total. The molecule has 36 heavy (non-hydrogen) atoms. The normalized spacial score (nSPS) is 23.1. The van der Waals surface area contributed by atoms with Crippen molar-refractivity contribution < 1.29 is 28.3 Å². The molecule has 7 nitrogen and oxygen atoms in total. The summed E-state index contributed by atoms with van der Waals surface area (Å²) in [4.78, 5) is 25.0. The molecule has 3 heterocycles. The number of aryl methyl sites for hydroxylation is 1. The summed E-state index contributed by atoms with van der Waals surface area (Å²) in [6.45, 7) is 10.2. The lowest BCUT2D eigenvalue weighted by Crippen LogP contribution is -2.65. The molecule has 2 aromatic carbocycles. The minimum Gasteiger partial charge on any atom is -0.488 e. The van der Waals surface area contributed by atoms with Crippen molar-refractivity contribution in [3.8, 4) is 5.75 Å². The van der Waals surface area contributed by atoms with Gasteiger partial charge in [-0.1, -0.05) is 36.4 Å². The number of piperidine rings is 3. The molecule has 2 aromatic rings. The number of fused-ring (bicyclic) bond motifs is 3. The first kappa shape index (κ1) is 26.0. The third-order valence-corrected chi connectivity index (χ3v) is 7.15. The molecule has 1 atom stereocenters. The minimum atomic E-state index is -0.578. The average Bonchev–Trinajstić information content (AvgIpc) is 2.83. The summed E-state index contributed by atoms with van der Waals surface area (Å²) in [6, 6.07) is 17.4. The Kier molecular flexibility index (Phi) is 8.19. The first-order valence-electron chi connectivity index (χ1n) is 13.0. The number of hydrogen-bond acceptors (Lipinski definition) is 5. The van der Waals surface area contributed by atoms with Crippen molar-refractivity contribution in [1.82, 2.24) is 0 Å². The monoisotopic (exact) mass is 495 g/mol. The summed E-state index contributed by atoms with van der Waals surface area (Å²) in [5, 5.41) is 2.80. The Morgan fingerprint density at radius 2 is 1.69 bits per heavy atom. The third-order valence-electron chi connectivity index (χ3n) is 7.15. The molecule has 3 saturated heterocycles. The zero-order chi connectivity index (χ0) is 25.6. The van der Waals surface area contributed by atoms with Gasteiger partial charge in [-0.05, 0) is 51.0 Å². The first-order valence-corrected chi connectivity index (χ1v) is 13.0. The van der Waals surface area contributed by atoms with Crippen molar-refractivity contribution in [2.75, 3.05) is 38.1 Å². The third kappa shape index (κ3) is 7.23. The van der Waals surface area contributed by atoms with Crippen molar-refractivity contribution in [3.63, 3.8) is 0 Å². The Bertz CT molecular complexity index is 1030. The second-order valence-corrected chi connectivity index (χ2v) is 11.0. The Balaban J connectivity index is 1.27. The number of quaternary nitrogens is 1. The lowest BCUT2D eigenvalue weighted by Gasteiger charge is -2.51. The van der Waals surface area contributed by atoms with Crippen molar-refractivity contribution in [2.24, 2.45) is 5.92 Å². The predicted molar refractivity (Wildman–Crippen MR) is 139 cm³/mol. The van der Waals surface area contributed by atoms with Crippen LogP contribution >= 0.6 is 0 Å². The highest BCUT2D eigenvalue weighted by molar-refractivity contribution is 5.86. The van der Waals surface area contributed by atoms with Crippen LogP contribution in [0.3, 0.4) is 0 Å². The van der Waals surface area contributed by atoms with E-state index in [0.717, 1.165) is 54.8 Å². The molecule has 0 aromatic heterocycles. The number of carbonyl (C=O) groups is 2. The van der Waals surface area contributed by atoms with Gasteiger partial charge in [0.25, 0.3) is 0 Å². The van der Waals surface area contributed by atoms with Crippen LogP contribution in [0.25, 0.3) is 0 Å². The average molecular weight is 496 g/mol. The molecule has 3 fully saturated rings. The molecule has 0 radical (unpaired) electrons. The summed E-state index contributed by atoms with van der Waals surface area (Å²) < 4.78 is 18.3. The van der Waals surface area contributed by atoms with Gasteiger partial charge in [-0.3, -0.25) is 10.1 Å². The summed E-state index contributed by atoms with van der Waals surface area (Å²) in [5.74, 6) is 1.16. The molecule has 1 amide bonds. The van der Waals surface area contributed by atoms with Crippen LogP contribution in [0.4, 0.5) is 10.5 Å². The van der Waals surface area contributed by atoms with Gasteiger partial charge < -0.3 is 18.7 Å². The number of hydrogen-bond donors (Lipinski definition) is 1. The number of ether oxygens (including phenoxy) is 3. The summed E-state index contributed by atoms with van der Waals surface area (Å²) in [7, 11) is 0. The van der Waals surface area contributed by atoms with Crippen molar-refractivity contribution in [3.05, 3.63) is 60.2 Å². The van der Waals surface area contributed by atoms with E-state index in [2.05, 4.69) is 5.32 Å². The number of benzene rings is 2. The predicted octanol–water partition coefficient (Wildman–Crippen LogP) is 5.20. The van der Waals surface area contributed by atoms with Gasteiger partial charge in [0.2, 0.25) is 0 Å². The first-order chi connectivity index (χ1) is 17.2. The minimum absolute atomic E-state index is 0.0353. The van der Waals surface area contributed by atoms with Crippen molar-refractivity contribution in [1.29, 1.82) is 0 Å². The van der Waals surface area contributed by atoms with E-state index in [1.807, 2.05) is 75.4 Å². The highest BCUT2D eigenvalue weighted by Gasteiger charge is 2.47. The van der Waals surface area contributed by atoms with Crippen LogP contribution in [-0.2, 0) is 20.7 Å². The second kappa shape index (κ2) is 11.3. The molecule has 194 valence electrons. The van der Waals surface area contributed by atoms with Crippen LogP contribution in [-0.4, -0.2) is 61.0 Å². The highest BCUT2D eigenvalue weighted by Crippen LogP contribution is 2.35. The van der Waals surface area contributed by atoms with E-state index in [1.165, 1.54) is 0 Å². The SMILES string of the molecule is CC(C)(C)OC(=O)Nc1ccccc1CCC(=O)O[C@H]1C[N+]2(CCOc3ccccc3)CCC1CC2. The number of nitrogens with one attached hydrogen (secondary N) is 1. The number of nitrogens with zero attached hydrogens (tertiary/aromatic N) is 1. The zero-order valence-electron chi connectivity index (χ0n) is 21.7. The van der Waals surface area contributed by atoms with E-state index >= 15 is 0 Å². The van der Waals surface area contributed by atoms with Gasteiger partial charge in [0.1, 0.15) is 31.0 Å². The molecule has 3 aliphatic rings. The van der Waals surface area contributed by atoms with Crippen LogP contribution in [0.5, 0.6) is 5.75 Å². The number of para-hydroxylation sites is 2. The van der Waals surface area contributed by atoms with E-state index in [9.17, 15) is 9.59 Å². The topological polar surface area (TPSA) is 73.9 Å².